The second kappa shape index (κ2) is 7.32. The van der Waals surface area contributed by atoms with Crippen molar-refractivity contribution in [1.82, 2.24) is 0 Å². The smallest absolute Gasteiger partial charge is 0.119 e. The number of phenols is 1. The van der Waals surface area contributed by atoms with Crippen molar-refractivity contribution >= 4 is 0 Å². The maximum atomic E-state index is 9.75. The van der Waals surface area contributed by atoms with Crippen molar-refractivity contribution in [2.75, 3.05) is 13.2 Å². The second-order valence-corrected chi connectivity index (χ2v) is 8.58. The largest absolute Gasteiger partial charge is 0.508 e. The lowest BCUT2D eigenvalue weighted by molar-refractivity contribution is 0.126. The van der Waals surface area contributed by atoms with E-state index in [1.165, 1.54) is 17.5 Å². The van der Waals surface area contributed by atoms with Gasteiger partial charge in [-0.1, -0.05) is 45.0 Å². The molecule has 3 rings (SSSR count). The van der Waals surface area contributed by atoms with E-state index in [4.69, 9.17) is 9.84 Å². The Morgan fingerprint density at radius 3 is 2.08 bits per heavy atom. The third-order valence-corrected chi connectivity index (χ3v) is 5.57. The van der Waals surface area contributed by atoms with Crippen LogP contribution in [-0.4, -0.2) is 23.4 Å². The van der Waals surface area contributed by atoms with E-state index in [1.54, 1.807) is 12.1 Å². The number of aliphatic hydroxyl groups excluding tert-OH is 1. The molecule has 3 heteroatoms. The Morgan fingerprint density at radius 2 is 1.54 bits per heavy atom. The Balaban J connectivity index is 2.04. The monoisotopic (exact) mass is 354 g/mol. The lowest BCUT2D eigenvalue weighted by Gasteiger charge is -2.48. The summed E-state index contributed by atoms with van der Waals surface area (Å²) in [6.07, 6.45) is 3.40. The fourth-order valence-corrected chi connectivity index (χ4v) is 4.99. The van der Waals surface area contributed by atoms with Crippen molar-refractivity contribution < 1.29 is 14.9 Å². The van der Waals surface area contributed by atoms with Crippen molar-refractivity contribution in [1.29, 1.82) is 0 Å². The summed E-state index contributed by atoms with van der Waals surface area (Å²) in [5, 5.41) is 18.7. The molecule has 1 fully saturated rings. The Labute approximate surface area is 156 Å². The molecule has 0 bridgehead atoms. The molecule has 2 unspecified atom stereocenters. The molecule has 26 heavy (non-hydrogen) atoms. The number of rotatable bonds is 5. The van der Waals surface area contributed by atoms with Crippen molar-refractivity contribution in [3.05, 3.63) is 59.7 Å². The Morgan fingerprint density at radius 1 is 0.962 bits per heavy atom. The summed E-state index contributed by atoms with van der Waals surface area (Å²) >= 11 is 0. The van der Waals surface area contributed by atoms with Gasteiger partial charge >= 0.3 is 0 Å². The van der Waals surface area contributed by atoms with Crippen molar-refractivity contribution in [2.24, 2.45) is 11.3 Å². The molecule has 0 heterocycles. The first-order chi connectivity index (χ1) is 12.3. The zero-order valence-corrected chi connectivity index (χ0v) is 16.0. The van der Waals surface area contributed by atoms with Gasteiger partial charge in [-0.05, 0) is 66.0 Å². The lowest BCUT2D eigenvalue weighted by atomic mass is 9.55. The minimum Gasteiger partial charge on any atom is -0.508 e. The van der Waals surface area contributed by atoms with Crippen LogP contribution in [0.25, 0.3) is 0 Å². The zero-order valence-electron chi connectivity index (χ0n) is 16.0. The summed E-state index contributed by atoms with van der Waals surface area (Å²) in [5.41, 5.74) is 2.74. The number of aromatic hydroxyl groups is 1. The first kappa shape index (κ1) is 18.8. The number of ether oxygens (including phenoxy) is 1. The second-order valence-electron chi connectivity index (χ2n) is 8.58. The van der Waals surface area contributed by atoms with Gasteiger partial charge in [0.05, 0.1) is 6.61 Å². The summed E-state index contributed by atoms with van der Waals surface area (Å²) in [6.45, 7) is 7.39. The van der Waals surface area contributed by atoms with E-state index in [9.17, 15) is 5.11 Å². The molecule has 0 amide bonds. The highest BCUT2D eigenvalue weighted by atomic mass is 16.5. The molecule has 1 aliphatic carbocycles. The summed E-state index contributed by atoms with van der Waals surface area (Å²) in [6, 6.07) is 16.0. The highest BCUT2D eigenvalue weighted by Crippen LogP contribution is 2.53. The normalized spacial score (nSPS) is 25.0. The third-order valence-electron chi connectivity index (χ3n) is 5.57. The molecule has 3 nitrogen and oxygen atoms in total. The van der Waals surface area contributed by atoms with Crippen LogP contribution in [-0.2, 0) is 5.41 Å². The van der Waals surface area contributed by atoms with Gasteiger partial charge in [0.15, 0.2) is 0 Å². The van der Waals surface area contributed by atoms with Crippen LogP contribution in [0.5, 0.6) is 11.5 Å². The summed E-state index contributed by atoms with van der Waals surface area (Å²) in [7, 11) is 0. The van der Waals surface area contributed by atoms with Gasteiger partial charge in [-0.25, -0.2) is 0 Å². The quantitative estimate of drug-likeness (QED) is 0.803. The molecule has 0 aromatic heterocycles. The molecule has 140 valence electrons. The minimum atomic E-state index is -0.0651. The van der Waals surface area contributed by atoms with Crippen LogP contribution >= 0.6 is 0 Å². The van der Waals surface area contributed by atoms with Gasteiger partial charge in [-0.15, -0.1) is 0 Å². The van der Waals surface area contributed by atoms with E-state index < -0.39 is 0 Å². The van der Waals surface area contributed by atoms with Gasteiger partial charge in [0.25, 0.3) is 0 Å². The van der Waals surface area contributed by atoms with Crippen molar-refractivity contribution in [2.45, 2.75) is 45.4 Å². The molecule has 0 radical (unpaired) electrons. The van der Waals surface area contributed by atoms with Crippen LogP contribution < -0.4 is 4.74 Å². The summed E-state index contributed by atoms with van der Waals surface area (Å²) in [5.74, 6) is 1.71. The summed E-state index contributed by atoms with van der Waals surface area (Å²) < 4.78 is 5.53. The maximum absolute atomic E-state index is 9.75. The maximum Gasteiger partial charge on any atom is 0.119 e. The number of hydrogen-bond acceptors (Lipinski definition) is 3. The summed E-state index contributed by atoms with van der Waals surface area (Å²) in [4.78, 5) is 0. The Kier molecular flexibility index (Phi) is 5.29. The molecule has 2 aromatic rings. The van der Waals surface area contributed by atoms with E-state index in [0.29, 0.717) is 18.3 Å². The SMILES string of the molecule is CC1CC(C)(C)CC(c2ccc(O)cc2)(c2ccc(OCCO)cc2)C1. The average Bonchev–Trinajstić information content (AvgIpc) is 2.59. The van der Waals surface area contributed by atoms with E-state index in [2.05, 4.69) is 45.0 Å². The molecule has 0 saturated heterocycles. The van der Waals surface area contributed by atoms with Crippen LogP contribution in [0.1, 0.15) is 51.2 Å². The molecular formula is C23H30O3. The van der Waals surface area contributed by atoms with Crippen molar-refractivity contribution in [3.63, 3.8) is 0 Å². The van der Waals surface area contributed by atoms with Crippen LogP contribution in [0.2, 0.25) is 0 Å². The predicted molar refractivity (Wildman–Crippen MR) is 105 cm³/mol. The van der Waals surface area contributed by atoms with Gasteiger partial charge in [0.1, 0.15) is 18.1 Å². The first-order valence-electron chi connectivity index (χ1n) is 9.48. The minimum absolute atomic E-state index is 0.0188. The molecule has 2 aromatic carbocycles. The predicted octanol–water partition coefficient (Wildman–Crippen LogP) is 4.90. The van der Waals surface area contributed by atoms with Gasteiger partial charge in [0.2, 0.25) is 0 Å². The zero-order chi connectivity index (χ0) is 18.8. The van der Waals surface area contributed by atoms with Crippen LogP contribution in [0, 0.1) is 11.3 Å². The van der Waals surface area contributed by atoms with E-state index >= 15 is 0 Å². The Bertz CT molecular complexity index is 718. The molecule has 1 saturated carbocycles. The molecule has 1 aliphatic rings. The molecule has 2 atom stereocenters. The third kappa shape index (κ3) is 3.88. The Hall–Kier alpha value is -2.00. The van der Waals surface area contributed by atoms with E-state index in [0.717, 1.165) is 18.6 Å². The van der Waals surface area contributed by atoms with Crippen LogP contribution in [0.3, 0.4) is 0 Å². The standard InChI is InChI=1S/C23H30O3/c1-17-14-22(2,3)16-23(15-17,18-4-8-20(25)9-5-18)19-6-10-21(11-7-19)26-13-12-24/h4-11,17,24-25H,12-16H2,1-3H3. The fraction of sp³-hybridized carbons (Fsp3) is 0.478. The van der Waals surface area contributed by atoms with Crippen LogP contribution in [0.15, 0.2) is 48.5 Å². The molecule has 2 N–H and O–H groups in total. The number of benzene rings is 2. The number of aliphatic hydroxyl groups is 1. The lowest BCUT2D eigenvalue weighted by Crippen LogP contribution is -2.41. The molecular weight excluding hydrogens is 324 g/mol. The highest BCUT2D eigenvalue weighted by Gasteiger charge is 2.45. The first-order valence-corrected chi connectivity index (χ1v) is 9.48. The van der Waals surface area contributed by atoms with E-state index in [-0.39, 0.29) is 17.4 Å². The fourth-order valence-electron chi connectivity index (χ4n) is 4.99. The van der Waals surface area contributed by atoms with Gasteiger partial charge in [-0.2, -0.15) is 0 Å². The molecule has 0 spiro atoms. The average molecular weight is 354 g/mol. The van der Waals surface area contributed by atoms with Crippen molar-refractivity contribution in [3.8, 4) is 11.5 Å². The van der Waals surface area contributed by atoms with E-state index in [1.807, 2.05) is 12.1 Å². The highest BCUT2D eigenvalue weighted by molar-refractivity contribution is 5.44. The van der Waals surface area contributed by atoms with Gasteiger partial charge in [-0.3, -0.25) is 0 Å². The number of hydrogen-bond donors (Lipinski definition) is 2. The van der Waals surface area contributed by atoms with Gasteiger partial charge in [0, 0.05) is 5.41 Å². The number of phenolic OH excluding ortho intramolecular Hbond substituents is 1. The molecule has 0 aliphatic heterocycles. The van der Waals surface area contributed by atoms with Gasteiger partial charge < -0.3 is 14.9 Å². The van der Waals surface area contributed by atoms with Crippen LogP contribution in [0.4, 0.5) is 0 Å². The topological polar surface area (TPSA) is 49.7 Å².